The number of aromatic amines is 1. The molecule has 8 nitrogen and oxygen atoms in total. The molecule has 4 atom stereocenters. The zero-order chi connectivity index (χ0) is 18.8. The number of ether oxygens (including phenoxy) is 2. The fraction of sp³-hybridized carbons (Fsp3) is 0.688. The molecule has 0 spiro atoms. The van der Waals surface area contributed by atoms with Gasteiger partial charge >= 0.3 is 11.7 Å². The Morgan fingerprint density at radius 2 is 2.16 bits per heavy atom. The molecule has 9 heteroatoms. The second-order valence-corrected chi connectivity index (χ2v) is 6.48. The Labute approximate surface area is 143 Å². The minimum Gasteiger partial charge on any atom is -0.463 e. The number of H-pyrrole nitrogens is 1. The van der Waals surface area contributed by atoms with Gasteiger partial charge in [-0.3, -0.25) is 9.59 Å². The molecule has 2 heterocycles. The average Bonchev–Trinajstić information content (AvgIpc) is 2.70. The van der Waals surface area contributed by atoms with Gasteiger partial charge in [0.15, 0.2) is 11.9 Å². The quantitative estimate of drug-likeness (QED) is 0.722. The van der Waals surface area contributed by atoms with Gasteiger partial charge in [-0.1, -0.05) is 13.3 Å². The van der Waals surface area contributed by atoms with Gasteiger partial charge in [0.25, 0.3) is 5.56 Å². The zero-order valence-corrected chi connectivity index (χ0v) is 14.5. The number of unbranched alkanes of at least 4 members (excludes halogenated alkanes) is 1. The Bertz CT molecular complexity index is 710. The van der Waals surface area contributed by atoms with E-state index < -0.39 is 40.8 Å². The van der Waals surface area contributed by atoms with Crippen molar-refractivity contribution in [1.29, 1.82) is 0 Å². The Morgan fingerprint density at radius 1 is 1.48 bits per heavy atom. The van der Waals surface area contributed by atoms with Crippen LogP contribution in [0.4, 0.5) is 4.39 Å². The van der Waals surface area contributed by atoms with Crippen molar-refractivity contribution in [3.8, 4) is 0 Å². The lowest BCUT2D eigenvalue weighted by atomic mass is 9.84. The highest BCUT2D eigenvalue weighted by atomic mass is 19.1. The van der Waals surface area contributed by atoms with Crippen molar-refractivity contribution >= 4 is 5.97 Å². The molecule has 1 aromatic heterocycles. The van der Waals surface area contributed by atoms with Crippen molar-refractivity contribution in [3.63, 3.8) is 0 Å². The van der Waals surface area contributed by atoms with Crippen molar-refractivity contribution in [2.75, 3.05) is 6.61 Å². The number of carbonyl (C=O) groups is 1. The van der Waals surface area contributed by atoms with Gasteiger partial charge in [-0.2, -0.15) is 0 Å². The Balaban J connectivity index is 2.24. The van der Waals surface area contributed by atoms with Crippen molar-refractivity contribution in [1.82, 2.24) is 9.55 Å². The van der Waals surface area contributed by atoms with E-state index in [1.54, 1.807) is 0 Å². The first-order valence-electron chi connectivity index (χ1n) is 8.15. The summed E-state index contributed by atoms with van der Waals surface area (Å²) in [5, 5.41) is 10.6. The lowest BCUT2D eigenvalue weighted by Crippen LogP contribution is -2.54. The van der Waals surface area contributed by atoms with Gasteiger partial charge in [-0.05, 0) is 20.3 Å². The summed E-state index contributed by atoms with van der Waals surface area (Å²) in [5.41, 5.74) is -6.18. The first-order valence-corrected chi connectivity index (χ1v) is 8.15. The smallest absolute Gasteiger partial charge is 0.330 e. The maximum Gasteiger partial charge on any atom is 0.330 e. The lowest BCUT2D eigenvalue weighted by molar-refractivity contribution is -0.153. The van der Waals surface area contributed by atoms with Crippen LogP contribution in [-0.2, 0) is 14.3 Å². The molecular weight excluding hydrogens is 335 g/mol. The van der Waals surface area contributed by atoms with E-state index in [2.05, 4.69) is 4.98 Å². The molecule has 0 bridgehead atoms. The molecule has 1 fully saturated rings. The van der Waals surface area contributed by atoms with Gasteiger partial charge in [0, 0.05) is 18.7 Å². The monoisotopic (exact) mass is 358 g/mol. The van der Waals surface area contributed by atoms with E-state index in [1.807, 2.05) is 6.92 Å². The average molecular weight is 358 g/mol. The maximum absolute atomic E-state index is 15.2. The standard InChI is InChI=1S/C16H23FN2O6/c1-4-5-6-12(21)24-9-10-16(3,23)15(2,17)13(25-10)19-11(20)7-8-18-14(19)22/h7-8,10,13,23H,4-6,9H2,1-3H3,(H,18,22)/t10-,13+,15+,16+/m1/s1. The van der Waals surface area contributed by atoms with Crippen molar-refractivity contribution in [2.45, 2.75) is 63.6 Å². The molecule has 1 aliphatic rings. The van der Waals surface area contributed by atoms with Gasteiger partial charge in [0.2, 0.25) is 0 Å². The van der Waals surface area contributed by atoms with Crippen LogP contribution in [0.25, 0.3) is 0 Å². The van der Waals surface area contributed by atoms with E-state index >= 15 is 4.39 Å². The van der Waals surface area contributed by atoms with Gasteiger partial charge in [-0.15, -0.1) is 0 Å². The number of aliphatic hydroxyl groups is 1. The molecule has 0 aromatic carbocycles. The summed E-state index contributed by atoms with van der Waals surface area (Å²) in [6, 6.07) is 1.05. The molecule has 1 saturated heterocycles. The van der Waals surface area contributed by atoms with E-state index in [0.717, 1.165) is 25.6 Å². The van der Waals surface area contributed by atoms with Crippen molar-refractivity contribution in [2.24, 2.45) is 0 Å². The number of alkyl halides is 1. The molecule has 0 amide bonds. The number of nitrogens with zero attached hydrogens (tertiary/aromatic N) is 1. The summed E-state index contributed by atoms with van der Waals surface area (Å²) in [6.07, 6.45) is -0.0734. The number of aromatic nitrogens is 2. The molecule has 0 unspecified atom stereocenters. The Hall–Kier alpha value is -2.00. The number of hydrogen-bond acceptors (Lipinski definition) is 6. The van der Waals surface area contributed by atoms with E-state index in [0.29, 0.717) is 11.0 Å². The largest absolute Gasteiger partial charge is 0.463 e. The third-order valence-corrected chi connectivity index (χ3v) is 4.63. The molecule has 2 N–H and O–H groups in total. The zero-order valence-electron chi connectivity index (χ0n) is 14.5. The van der Waals surface area contributed by atoms with E-state index in [4.69, 9.17) is 9.47 Å². The third-order valence-electron chi connectivity index (χ3n) is 4.63. The van der Waals surface area contributed by atoms with Gasteiger partial charge in [0.05, 0.1) is 0 Å². The second-order valence-electron chi connectivity index (χ2n) is 6.48. The summed E-state index contributed by atoms with van der Waals surface area (Å²) >= 11 is 0. The predicted molar refractivity (Wildman–Crippen MR) is 85.9 cm³/mol. The summed E-state index contributed by atoms with van der Waals surface area (Å²) in [4.78, 5) is 37.7. The van der Waals surface area contributed by atoms with Crippen LogP contribution < -0.4 is 11.2 Å². The van der Waals surface area contributed by atoms with Crippen LogP contribution in [0.15, 0.2) is 21.9 Å². The first-order chi connectivity index (χ1) is 11.6. The normalized spacial score (nSPS) is 31.9. The molecular formula is C16H23FN2O6. The number of rotatable bonds is 6. The van der Waals surface area contributed by atoms with Crippen molar-refractivity contribution < 1.29 is 23.8 Å². The Kier molecular flexibility index (Phi) is 5.48. The van der Waals surface area contributed by atoms with E-state index in [-0.39, 0.29) is 13.0 Å². The molecule has 2 rings (SSSR count). The van der Waals surface area contributed by atoms with Crippen molar-refractivity contribution in [3.05, 3.63) is 33.1 Å². The minimum absolute atomic E-state index is 0.208. The van der Waals surface area contributed by atoms with Crippen LogP contribution in [0.2, 0.25) is 0 Å². The number of carbonyl (C=O) groups excluding carboxylic acids is 1. The molecule has 0 saturated carbocycles. The SMILES string of the molecule is CCCCC(=O)OC[C@H]1O[C@H](n2c(=O)cc[nH]c2=O)[C@](C)(F)[C@@]1(C)O. The second kappa shape index (κ2) is 7.09. The number of hydrogen-bond donors (Lipinski definition) is 2. The minimum atomic E-state index is -2.47. The van der Waals surface area contributed by atoms with Crippen LogP contribution >= 0.6 is 0 Å². The summed E-state index contributed by atoms with van der Waals surface area (Å²) < 4.78 is 26.3. The number of halogens is 1. The summed E-state index contributed by atoms with van der Waals surface area (Å²) in [7, 11) is 0. The van der Waals surface area contributed by atoms with E-state index in [1.165, 1.54) is 6.92 Å². The van der Waals surface area contributed by atoms with Crippen LogP contribution in [0.5, 0.6) is 0 Å². The fourth-order valence-electron chi connectivity index (χ4n) is 2.70. The number of nitrogens with one attached hydrogen (secondary N) is 1. The molecule has 1 aliphatic heterocycles. The highest BCUT2D eigenvalue weighted by Gasteiger charge is 2.63. The van der Waals surface area contributed by atoms with Crippen LogP contribution in [0.3, 0.4) is 0 Å². The van der Waals surface area contributed by atoms with Crippen LogP contribution in [-0.4, -0.2) is 44.6 Å². The van der Waals surface area contributed by atoms with Gasteiger partial charge in [0.1, 0.15) is 18.3 Å². The van der Waals surface area contributed by atoms with Crippen LogP contribution in [0, 0.1) is 0 Å². The maximum atomic E-state index is 15.2. The van der Waals surface area contributed by atoms with Gasteiger partial charge < -0.3 is 19.6 Å². The third kappa shape index (κ3) is 3.52. The molecule has 140 valence electrons. The topological polar surface area (TPSA) is 111 Å². The Morgan fingerprint density at radius 3 is 2.76 bits per heavy atom. The molecule has 25 heavy (non-hydrogen) atoms. The summed E-state index contributed by atoms with van der Waals surface area (Å²) in [5.74, 6) is -0.486. The van der Waals surface area contributed by atoms with Gasteiger partial charge in [-0.25, -0.2) is 13.8 Å². The molecule has 0 aliphatic carbocycles. The summed E-state index contributed by atoms with van der Waals surface area (Å²) in [6.45, 7) is 3.76. The highest BCUT2D eigenvalue weighted by Crippen LogP contribution is 2.47. The van der Waals surface area contributed by atoms with Crippen LogP contribution in [0.1, 0.15) is 46.3 Å². The molecule has 0 radical (unpaired) electrons. The first kappa shape index (κ1) is 19.3. The lowest BCUT2D eigenvalue weighted by Gasteiger charge is -2.32. The predicted octanol–water partition coefficient (Wildman–Crippen LogP) is 0.647. The fourth-order valence-corrected chi connectivity index (χ4v) is 2.70. The highest BCUT2D eigenvalue weighted by molar-refractivity contribution is 5.69. The molecule has 1 aromatic rings. The number of esters is 1. The van der Waals surface area contributed by atoms with E-state index in [9.17, 15) is 19.5 Å².